The van der Waals surface area contributed by atoms with Crippen molar-refractivity contribution in [2.24, 2.45) is 0 Å². The van der Waals surface area contributed by atoms with E-state index in [0.29, 0.717) is 28.7 Å². The van der Waals surface area contributed by atoms with E-state index < -0.39 is 16.8 Å². The lowest BCUT2D eigenvalue weighted by Crippen LogP contribution is -2.35. The number of benzene rings is 1. The van der Waals surface area contributed by atoms with Gasteiger partial charge in [0.05, 0.1) is 5.56 Å². The number of nitrogens with zero attached hydrogens (tertiary/aromatic N) is 1. The van der Waals surface area contributed by atoms with Crippen LogP contribution in [0.5, 0.6) is 0 Å². The lowest BCUT2D eigenvalue weighted by molar-refractivity contribution is 0.0696. The Bertz CT molecular complexity index is 1180. The lowest BCUT2D eigenvalue weighted by atomic mass is 10.0. The fraction of sp³-hybridized carbons (Fsp3) is 0.286. The SMILES string of the molecule is CCCN1CCc2c(sc(Nc3c(Nc4ccc(Cl)cc4)c(=O)c3=O)c2C(=O)O)C1. The Balaban J connectivity index is 1.65. The molecule has 2 aromatic carbocycles. The van der Waals surface area contributed by atoms with E-state index in [0.717, 1.165) is 30.0 Å². The summed E-state index contributed by atoms with van der Waals surface area (Å²) in [4.78, 5) is 39.5. The number of anilines is 4. The summed E-state index contributed by atoms with van der Waals surface area (Å²) in [5.74, 6) is -1.04. The lowest BCUT2D eigenvalue weighted by Gasteiger charge is -2.26. The van der Waals surface area contributed by atoms with E-state index in [-0.39, 0.29) is 16.9 Å². The average molecular weight is 446 g/mol. The van der Waals surface area contributed by atoms with Gasteiger partial charge >= 0.3 is 5.97 Å². The molecule has 0 radical (unpaired) electrons. The van der Waals surface area contributed by atoms with Crippen LogP contribution in [0.1, 0.15) is 34.1 Å². The summed E-state index contributed by atoms with van der Waals surface area (Å²) in [5, 5.41) is 16.6. The molecule has 0 bridgehead atoms. The first-order valence-corrected chi connectivity index (χ1v) is 10.8. The fourth-order valence-electron chi connectivity index (χ4n) is 3.70. The number of fused-ring (bicyclic) bond motifs is 1. The first-order valence-electron chi connectivity index (χ1n) is 9.62. The van der Waals surface area contributed by atoms with Gasteiger partial charge in [-0.3, -0.25) is 14.5 Å². The second-order valence-corrected chi connectivity index (χ2v) is 8.75. The van der Waals surface area contributed by atoms with Crippen LogP contribution in [0.2, 0.25) is 5.02 Å². The van der Waals surface area contributed by atoms with Gasteiger partial charge in [0.2, 0.25) is 0 Å². The van der Waals surface area contributed by atoms with Crippen LogP contribution in [0.25, 0.3) is 0 Å². The largest absolute Gasteiger partial charge is 0.478 e. The molecule has 0 saturated heterocycles. The van der Waals surface area contributed by atoms with Gasteiger partial charge in [0.25, 0.3) is 10.9 Å². The van der Waals surface area contributed by atoms with Gasteiger partial charge in [-0.1, -0.05) is 18.5 Å². The molecule has 0 aliphatic carbocycles. The quantitative estimate of drug-likeness (QED) is 0.473. The van der Waals surface area contributed by atoms with Gasteiger partial charge in [-0.15, -0.1) is 11.3 Å². The van der Waals surface area contributed by atoms with Crippen molar-refractivity contribution in [1.29, 1.82) is 0 Å². The maximum Gasteiger partial charge on any atom is 0.339 e. The number of thiophene rings is 1. The van der Waals surface area contributed by atoms with Gasteiger partial charge in [-0.2, -0.15) is 0 Å². The Kier molecular flexibility index (Phi) is 5.64. The van der Waals surface area contributed by atoms with Crippen molar-refractivity contribution < 1.29 is 9.90 Å². The third-order valence-corrected chi connectivity index (χ3v) is 6.54. The van der Waals surface area contributed by atoms with Crippen molar-refractivity contribution in [1.82, 2.24) is 4.90 Å². The van der Waals surface area contributed by atoms with Crippen LogP contribution in [0, 0.1) is 0 Å². The minimum atomic E-state index is -1.04. The highest BCUT2D eigenvalue weighted by Crippen LogP contribution is 2.39. The second-order valence-electron chi connectivity index (χ2n) is 7.20. The minimum Gasteiger partial charge on any atom is -0.478 e. The number of carboxylic acids is 1. The van der Waals surface area contributed by atoms with Crippen LogP contribution >= 0.6 is 22.9 Å². The molecule has 2 heterocycles. The zero-order valence-corrected chi connectivity index (χ0v) is 17.8. The molecule has 0 unspecified atom stereocenters. The van der Waals surface area contributed by atoms with Crippen molar-refractivity contribution in [3.8, 4) is 0 Å². The third-order valence-electron chi connectivity index (χ3n) is 5.15. The summed E-state index contributed by atoms with van der Waals surface area (Å²) in [6.07, 6.45) is 1.68. The van der Waals surface area contributed by atoms with E-state index in [1.807, 2.05) is 0 Å². The van der Waals surface area contributed by atoms with E-state index in [1.165, 1.54) is 11.3 Å². The second kappa shape index (κ2) is 8.22. The number of hydrogen-bond acceptors (Lipinski definition) is 7. The fourth-order valence-corrected chi connectivity index (χ4v) is 5.11. The molecule has 7 nitrogen and oxygen atoms in total. The van der Waals surface area contributed by atoms with E-state index in [4.69, 9.17) is 11.6 Å². The molecule has 156 valence electrons. The molecule has 0 atom stereocenters. The molecule has 1 aliphatic rings. The summed E-state index contributed by atoms with van der Waals surface area (Å²) in [5.41, 5.74) is 0.513. The topological polar surface area (TPSA) is 98.7 Å². The summed E-state index contributed by atoms with van der Waals surface area (Å²) in [7, 11) is 0. The van der Waals surface area contributed by atoms with E-state index >= 15 is 0 Å². The predicted molar refractivity (Wildman–Crippen MR) is 120 cm³/mol. The summed E-state index contributed by atoms with van der Waals surface area (Å²) >= 11 is 7.21. The molecule has 9 heteroatoms. The average Bonchev–Trinajstić information content (AvgIpc) is 3.09. The maximum atomic E-state index is 12.2. The molecule has 1 aromatic heterocycles. The zero-order chi connectivity index (χ0) is 21.4. The molecule has 3 aromatic rings. The Morgan fingerprint density at radius 1 is 1.17 bits per heavy atom. The highest BCUT2D eigenvalue weighted by molar-refractivity contribution is 7.16. The van der Waals surface area contributed by atoms with Gasteiger partial charge in [0.15, 0.2) is 0 Å². The van der Waals surface area contributed by atoms with Crippen LogP contribution in [0.3, 0.4) is 0 Å². The number of hydrogen-bond donors (Lipinski definition) is 3. The number of rotatable bonds is 7. The molecule has 0 fully saturated rings. The predicted octanol–water partition coefficient (Wildman–Crippen LogP) is 3.95. The summed E-state index contributed by atoms with van der Waals surface area (Å²) in [6.45, 7) is 4.56. The first-order chi connectivity index (χ1) is 14.4. The number of carbonyl (C=O) groups is 1. The maximum absolute atomic E-state index is 12.2. The van der Waals surface area contributed by atoms with E-state index in [2.05, 4.69) is 22.5 Å². The van der Waals surface area contributed by atoms with Crippen molar-refractivity contribution in [3.05, 3.63) is 65.7 Å². The van der Waals surface area contributed by atoms with Crippen LogP contribution in [-0.2, 0) is 13.0 Å². The molecule has 1 aliphatic heterocycles. The van der Waals surface area contributed by atoms with Crippen molar-refractivity contribution in [3.63, 3.8) is 0 Å². The Morgan fingerprint density at radius 3 is 2.47 bits per heavy atom. The van der Waals surface area contributed by atoms with Gasteiger partial charge in [0.1, 0.15) is 16.4 Å². The molecule has 0 amide bonds. The molecular formula is C21H20ClN3O4S. The monoisotopic (exact) mass is 445 g/mol. The van der Waals surface area contributed by atoms with Crippen LogP contribution in [0.15, 0.2) is 33.9 Å². The molecule has 30 heavy (non-hydrogen) atoms. The van der Waals surface area contributed by atoms with Crippen molar-refractivity contribution in [2.75, 3.05) is 23.7 Å². The normalized spacial score (nSPS) is 13.9. The minimum absolute atomic E-state index is 0.0847. The van der Waals surface area contributed by atoms with Crippen molar-refractivity contribution in [2.45, 2.75) is 26.3 Å². The molecule has 0 spiro atoms. The number of aromatic carboxylic acids is 1. The Hall–Kier alpha value is -2.68. The number of halogens is 1. The summed E-state index contributed by atoms with van der Waals surface area (Å²) in [6, 6.07) is 6.72. The van der Waals surface area contributed by atoms with Gasteiger partial charge in [-0.05, 0) is 49.2 Å². The third kappa shape index (κ3) is 3.74. The molecule has 0 saturated carbocycles. The smallest absolute Gasteiger partial charge is 0.339 e. The van der Waals surface area contributed by atoms with Crippen LogP contribution in [0.4, 0.5) is 22.1 Å². The highest BCUT2D eigenvalue weighted by atomic mass is 35.5. The highest BCUT2D eigenvalue weighted by Gasteiger charge is 2.30. The zero-order valence-electron chi connectivity index (χ0n) is 16.3. The Morgan fingerprint density at radius 2 is 1.83 bits per heavy atom. The van der Waals surface area contributed by atoms with Gasteiger partial charge in [-0.25, -0.2) is 4.79 Å². The molecule has 3 N–H and O–H groups in total. The summed E-state index contributed by atoms with van der Waals surface area (Å²) < 4.78 is 0. The van der Waals surface area contributed by atoms with Gasteiger partial charge in [0, 0.05) is 28.7 Å². The molecular weight excluding hydrogens is 426 g/mol. The standard InChI is InChI=1S/C21H20ClN3O4S/c1-2-8-25-9-7-13-14(10-25)30-20(15(13)21(28)29)24-17-16(18(26)19(17)27)23-12-5-3-11(22)4-6-12/h3-6,23-24H,2,7-10H2,1H3,(H,28,29). The van der Waals surface area contributed by atoms with E-state index in [9.17, 15) is 19.5 Å². The van der Waals surface area contributed by atoms with Gasteiger partial charge < -0.3 is 15.7 Å². The Labute approximate surface area is 181 Å². The van der Waals surface area contributed by atoms with E-state index in [1.54, 1.807) is 24.3 Å². The molecule has 4 rings (SSSR count). The number of nitrogens with one attached hydrogen (secondary N) is 2. The van der Waals surface area contributed by atoms with Crippen LogP contribution in [-0.4, -0.2) is 29.1 Å². The first kappa shape index (κ1) is 20.6. The number of carboxylic acid groups (broad SMARTS) is 1. The van der Waals surface area contributed by atoms with Crippen molar-refractivity contribution >= 4 is 51.0 Å². The van der Waals surface area contributed by atoms with Crippen LogP contribution < -0.4 is 21.5 Å².